The van der Waals surface area contributed by atoms with E-state index in [0.29, 0.717) is 23.9 Å². The maximum atomic E-state index is 5.64. The number of ether oxygens (including phenoxy) is 2. The lowest BCUT2D eigenvalue weighted by Crippen LogP contribution is -1.92. The molecule has 0 aliphatic heterocycles. The fourth-order valence-corrected chi connectivity index (χ4v) is 1.37. The van der Waals surface area contributed by atoms with Crippen LogP contribution in [0.3, 0.4) is 0 Å². The van der Waals surface area contributed by atoms with Gasteiger partial charge in [-0.2, -0.15) is 0 Å². The Morgan fingerprint density at radius 1 is 1.12 bits per heavy atom. The van der Waals surface area contributed by atoms with Crippen LogP contribution < -0.4 is 15.2 Å². The van der Waals surface area contributed by atoms with Crippen LogP contribution in [-0.2, 0) is 0 Å². The van der Waals surface area contributed by atoms with Gasteiger partial charge in [0.2, 0.25) is 5.88 Å². The van der Waals surface area contributed by atoms with E-state index in [-0.39, 0.29) is 0 Å². The van der Waals surface area contributed by atoms with Gasteiger partial charge in [0.1, 0.15) is 11.5 Å². The van der Waals surface area contributed by atoms with E-state index >= 15 is 0 Å². The number of nitrogen functional groups attached to an aromatic ring is 1. The summed E-state index contributed by atoms with van der Waals surface area (Å²) in [5.41, 5.74) is 6.26. The van der Waals surface area contributed by atoms with Crippen molar-refractivity contribution in [3.8, 4) is 17.4 Å². The zero-order chi connectivity index (χ0) is 12.1. The number of nitrogens with two attached hydrogens (primary N) is 1. The molecule has 2 rings (SSSR count). The third-order valence-corrected chi connectivity index (χ3v) is 2.12. The number of benzene rings is 1. The van der Waals surface area contributed by atoms with Gasteiger partial charge >= 0.3 is 0 Å². The first-order chi connectivity index (χ1) is 8.28. The Morgan fingerprint density at radius 3 is 2.47 bits per heavy atom. The molecule has 0 radical (unpaired) electrons. The lowest BCUT2D eigenvalue weighted by molar-refractivity contribution is 0.339. The van der Waals surface area contributed by atoms with Gasteiger partial charge in [0.15, 0.2) is 0 Å². The Hall–Kier alpha value is -2.23. The predicted octanol–water partition coefficient (Wildman–Crippen LogP) is 2.85. The van der Waals surface area contributed by atoms with Crippen LogP contribution in [0.25, 0.3) is 0 Å². The highest BCUT2D eigenvalue weighted by atomic mass is 16.5. The normalized spacial score (nSPS) is 9.94. The highest BCUT2D eigenvalue weighted by molar-refractivity contribution is 5.41. The van der Waals surface area contributed by atoms with Crippen LogP contribution in [0, 0.1) is 0 Å². The average molecular weight is 230 g/mol. The molecule has 1 aromatic carbocycles. The SMILES string of the molecule is CCOc1ccc(Oc2cc(N)ccn2)cc1. The molecule has 0 spiro atoms. The number of hydrogen-bond donors (Lipinski definition) is 1. The van der Waals surface area contributed by atoms with E-state index in [2.05, 4.69) is 4.98 Å². The zero-order valence-corrected chi connectivity index (χ0v) is 9.59. The van der Waals surface area contributed by atoms with Gasteiger partial charge in [0, 0.05) is 18.0 Å². The van der Waals surface area contributed by atoms with E-state index < -0.39 is 0 Å². The molecule has 0 amide bonds. The molecule has 17 heavy (non-hydrogen) atoms. The standard InChI is InChI=1S/C13H14N2O2/c1-2-16-11-3-5-12(6-4-11)17-13-9-10(14)7-8-15-13/h3-9H,2H2,1H3,(H2,14,15). The van der Waals surface area contributed by atoms with Crippen molar-refractivity contribution in [2.45, 2.75) is 6.92 Å². The van der Waals surface area contributed by atoms with Crippen molar-refractivity contribution < 1.29 is 9.47 Å². The lowest BCUT2D eigenvalue weighted by Gasteiger charge is -2.06. The van der Waals surface area contributed by atoms with Crippen molar-refractivity contribution >= 4 is 5.69 Å². The van der Waals surface area contributed by atoms with Crippen LogP contribution in [0.15, 0.2) is 42.6 Å². The summed E-state index contributed by atoms with van der Waals surface area (Å²) in [4.78, 5) is 4.06. The maximum Gasteiger partial charge on any atom is 0.221 e. The molecule has 2 aromatic rings. The molecule has 0 saturated heterocycles. The number of pyridine rings is 1. The monoisotopic (exact) mass is 230 g/mol. The number of hydrogen-bond acceptors (Lipinski definition) is 4. The summed E-state index contributed by atoms with van der Waals surface area (Å²) < 4.78 is 10.9. The van der Waals surface area contributed by atoms with E-state index in [1.165, 1.54) is 0 Å². The van der Waals surface area contributed by atoms with Gasteiger partial charge in [-0.05, 0) is 37.3 Å². The van der Waals surface area contributed by atoms with Crippen molar-refractivity contribution in [2.24, 2.45) is 0 Å². The zero-order valence-electron chi connectivity index (χ0n) is 9.59. The van der Waals surface area contributed by atoms with Gasteiger partial charge in [-0.25, -0.2) is 4.98 Å². The summed E-state index contributed by atoms with van der Waals surface area (Å²) in [7, 11) is 0. The summed E-state index contributed by atoms with van der Waals surface area (Å²) in [6.07, 6.45) is 1.61. The molecule has 4 nitrogen and oxygen atoms in total. The molecule has 0 aliphatic carbocycles. The summed E-state index contributed by atoms with van der Waals surface area (Å²) in [5.74, 6) is 2.00. The minimum Gasteiger partial charge on any atom is -0.494 e. The second-order valence-electron chi connectivity index (χ2n) is 3.43. The lowest BCUT2D eigenvalue weighted by atomic mass is 10.3. The van der Waals surface area contributed by atoms with Crippen molar-refractivity contribution in [3.63, 3.8) is 0 Å². The number of nitrogens with zero attached hydrogens (tertiary/aromatic N) is 1. The van der Waals surface area contributed by atoms with E-state index in [1.807, 2.05) is 31.2 Å². The molecule has 0 aliphatic rings. The highest BCUT2D eigenvalue weighted by Gasteiger charge is 1.99. The minimum atomic E-state index is 0.481. The van der Waals surface area contributed by atoms with E-state index in [0.717, 1.165) is 5.75 Å². The number of anilines is 1. The molecule has 0 unspecified atom stereocenters. The van der Waals surface area contributed by atoms with Crippen LogP contribution in [0.5, 0.6) is 17.4 Å². The highest BCUT2D eigenvalue weighted by Crippen LogP contribution is 2.23. The first kappa shape index (κ1) is 11.3. The van der Waals surface area contributed by atoms with Gasteiger partial charge in [-0.1, -0.05) is 0 Å². The van der Waals surface area contributed by atoms with Crippen LogP contribution in [0.4, 0.5) is 5.69 Å². The Kier molecular flexibility index (Phi) is 3.45. The number of aromatic nitrogens is 1. The smallest absolute Gasteiger partial charge is 0.221 e. The number of rotatable bonds is 4. The maximum absolute atomic E-state index is 5.64. The molecule has 1 heterocycles. The van der Waals surface area contributed by atoms with Crippen LogP contribution >= 0.6 is 0 Å². The third-order valence-electron chi connectivity index (χ3n) is 2.12. The van der Waals surface area contributed by atoms with Crippen molar-refractivity contribution in [3.05, 3.63) is 42.6 Å². The van der Waals surface area contributed by atoms with Gasteiger partial charge in [0.25, 0.3) is 0 Å². The Bertz CT molecular complexity index is 483. The molecule has 2 N–H and O–H groups in total. The van der Waals surface area contributed by atoms with E-state index in [4.69, 9.17) is 15.2 Å². The fourth-order valence-electron chi connectivity index (χ4n) is 1.37. The molecular formula is C13H14N2O2. The largest absolute Gasteiger partial charge is 0.494 e. The average Bonchev–Trinajstić information content (AvgIpc) is 2.32. The Labute approximate surface area is 100 Å². The summed E-state index contributed by atoms with van der Waals surface area (Å²) >= 11 is 0. The molecule has 4 heteroatoms. The third kappa shape index (κ3) is 3.11. The van der Waals surface area contributed by atoms with Gasteiger partial charge in [-0.3, -0.25) is 0 Å². The Balaban J connectivity index is 2.08. The van der Waals surface area contributed by atoms with Crippen LogP contribution in [0.1, 0.15) is 6.92 Å². The first-order valence-electron chi connectivity index (χ1n) is 5.40. The van der Waals surface area contributed by atoms with E-state index in [9.17, 15) is 0 Å². The second-order valence-corrected chi connectivity index (χ2v) is 3.43. The topological polar surface area (TPSA) is 57.4 Å². The van der Waals surface area contributed by atoms with Crippen molar-refractivity contribution in [1.82, 2.24) is 4.98 Å². The second kappa shape index (κ2) is 5.21. The molecular weight excluding hydrogens is 216 g/mol. The molecule has 0 bridgehead atoms. The quantitative estimate of drug-likeness (QED) is 0.877. The molecule has 1 aromatic heterocycles. The van der Waals surface area contributed by atoms with Crippen molar-refractivity contribution in [2.75, 3.05) is 12.3 Å². The summed E-state index contributed by atoms with van der Waals surface area (Å²) in [5, 5.41) is 0. The molecule has 0 saturated carbocycles. The van der Waals surface area contributed by atoms with Crippen LogP contribution in [-0.4, -0.2) is 11.6 Å². The fraction of sp³-hybridized carbons (Fsp3) is 0.154. The summed E-state index contributed by atoms with van der Waals surface area (Å²) in [6, 6.07) is 10.8. The van der Waals surface area contributed by atoms with Gasteiger partial charge < -0.3 is 15.2 Å². The summed E-state index contributed by atoms with van der Waals surface area (Å²) in [6.45, 7) is 2.60. The first-order valence-corrected chi connectivity index (χ1v) is 5.40. The van der Waals surface area contributed by atoms with Gasteiger partial charge in [0.05, 0.1) is 6.61 Å². The molecule has 88 valence electrons. The molecule has 0 atom stereocenters. The predicted molar refractivity (Wildman–Crippen MR) is 66.3 cm³/mol. The Morgan fingerprint density at radius 2 is 1.82 bits per heavy atom. The van der Waals surface area contributed by atoms with E-state index in [1.54, 1.807) is 18.3 Å². The van der Waals surface area contributed by atoms with Crippen LogP contribution in [0.2, 0.25) is 0 Å². The molecule has 0 fully saturated rings. The van der Waals surface area contributed by atoms with Gasteiger partial charge in [-0.15, -0.1) is 0 Å². The van der Waals surface area contributed by atoms with Crippen molar-refractivity contribution in [1.29, 1.82) is 0 Å². The minimum absolute atomic E-state index is 0.481.